The molecule has 3 N–H and O–H groups in total. The van der Waals surface area contributed by atoms with Crippen LogP contribution in [-0.2, 0) is 0 Å². The van der Waals surface area contributed by atoms with Gasteiger partial charge in [0.1, 0.15) is 5.75 Å². The lowest BCUT2D eigenvalue weighted by atomic mass is 10.00. The van der Waals surface area contributed by atoms with Crippen LogP contribution in [0.15, 0.2) is 24.3 Å². The number of rotatable bonds is 5. The number of para-hydroxylation sites is 1. The minimum absolute atomic E-state index is 0. The summed E-state index contributed by atoms with van der Waals surface area (Å²) in [5.74, 6) is 0.0116. The van der Waals surface area contributed by atoms with Gasteiger partial charge in [0.15, 0.2) is 0 Å². The van der Waals surface area contributed by atoms with Gasteiger partial charge in [0.25, 0.3) is 0 Å². The molecule has 6 heteroatoms. The van der Waals surface area contributed by atoms with Gasteiger partial charge < -0.3 is 15.6 Å². The molecule has 0 saturated heterocycles. The van der Waals surface area contributed by atoms with Crippen molar-refractivity contribution in [1.82, 2.24) is 0 Å². The van der Waals surface area contributed by atoms with Crippen LogP contribution >= 0.6 is 12.4 Å². The summed E-state index contributed by atoms with van der Waals surface area (Å²) in [7, 11) is 0. The topological polar surface area (TPSA) is 55.5 Å². The number of alkyl halides is 2. The van der Waals surface area contributed by atoms with Gasteiger partial charge in [0.2, 0.25) is 0 Å². The summed E-state index contributed by atoms with van der Waals surface area (Å²) >= 11 is 0. The molecular weight excluding hydrogens is 252 g/mol. The van der Waals surface area contributed by atoms with Gasteiger partial charge in [-0.15, -0.1) is 12.4 Å². The molecule has 1 aromatic rings. The minimum Gasteiger partial charge on any atom is -0.434 e. The summed E-state index contributed by atoms with van der Waals surface area (Å²) in [4.78, 5) is 0. The summed E-state index contributed by atoms with van der Waals surface area (Å²) in [6.07, 6.45) is -0.327. The Morgan fingerprint density at radius 2 is 1.94 bits per heavy atom. The van der Waals surface area contributed by atoms with E-state index in [9.17, 15) is 13.9 Å². The average molecular weight is 268 g/mol. The van der Waals surface area contributed by atoms with Crippen LogP contribution in [0.25, 0.3) is 0 Å². The van der Waals surface area contributed by atoms with Gasteiger partial charge in [-0.3, -0.25) is 0 Å². The van der Waals surface area contributed by atoms with Crippen LogP contribution in [-0.4, -0.2) is 17.8 Å². The van der Waals surface area contributed by atoms with Crippen LogP contribution in [0.4, 0.5) is 8.78 Å². The fraction of sp³-hybridized carbons (Fsp3) is 0.455. The van der Waals surface area contributed by atoms with Crippen molar-refractivity contribution < 1.29 is 18.6 Å². The van der Waals surface area contributed by atoms with Gasteiger partial charge in [-0.2, -0.15) is 8.78 Å². The summed E-state index contributed by atoms with van der Waals surface area (Å²) in [5, 5.41) is 9.57. The van der Waals surface area contributed by atoms with Gasteiger partial charge >= 0.3 is 6.61 Å². The Hall–Kier alpha value is -0.910. The predicted octanol–water partition coefficient (Wildman–Crippen LogP) is 2.48. The van der Waals surface area contributed by atoms with Crippen molar-refractivity contribution in [2.75, 3.05) is 0 Å². The van der Waals surface area contributed by atoms with E-state index in [1.807, 2.05) is 0 Å². The quantitative estimate of drug-likeness (QED) is 0.862. The third kappa shape index (κ3) is 4.46. The first-order valence-corrected chi connectivity index (χ1v) is 5.03. The normalized spacial score (nSPS) is 14.0. The van der Waals surface area contributed by atoms with Crippen molar-refractivity contribution >= 4 is 12.4 Å². The summed E-state index contributed by atoms with van der Waals surface area (Å²) < 4.78 is 28.6. The number of aliphatic hydroxyl groups is 1. The Kier molecular flexibility index (Phi) is 7.03. The number of aliphatic hydroxyl groups excluding tert-OH is 1. The maximum atomic E-state index is 12.1. The van der Waals surface area contributed by atoms with Gasteiger partial charge in [0, 0.05) is 5.56 Å². The van der Waals surface area contributed by atoms with E-state index in [4.69, 9.17) is 5.73 Å². The molecule has 0 aromatic heterocycles. The molecule has 0 amide bonds. The first kappa shape index (κ1) is 16.1. The van der Waals surface area contributed by atoms with Crippen LogP contribution in [0.3, 0.4) is 0 Å². The van der Waals surface area contributed by atoms with E-state index < -0.39 is 18.8 Å². The largest absolute Gasteiger partial charge is 0.434 e. The molecule has 0 aliphatic carbocycles. The van der Waals surface area contributed by atoms with E-state index in [1.54, 1.807) is 25.1 Å². The summed E-state index contributed by atoms with van der Waals surface area (Å²) in [6, 6.07) is 5.49. The van der Waals surface area contributed by atoms with E-state index in [2.05, 4.69) is 4.74 Å². The number of benzene rings is 1. The highest BCUT2D eigenvalue weighted by Gasteiger charge is 2.20. The first-order chi connectivity index (χ1) is 7.56. The van der Waals surface area contributed by atoms with Crippen LogP contribution < -0.4 is 10.5 Å². The monoisotopic (exact) mass is 267 g/mol. The molecule has 2 atom stereocenters. The van der Waals surface area contributed by atoms with E-state index >= 15 is 0 Å². The van der Waals surface area contributed by atoms with E-state index in [0.29, 0.717) is 12.0 Å². The zero-order valence-electron chi connectivity index (χ0n) is 9.35. The Morgan fingerprint density at radius 3 is 2.47 bits per heavy atom. The average Bonchev–Trinajstić information content (AvgIpc) is 2.27. The number of ether oxygens (including phenoxy) is 1. The minimum atomic E-state index is -2.90. The molecule has 98 valence electrons. The van der Waals surface area contributed by atoms with Crippen molar-refractivity contribution in [2.24, 2.45) is 5.73 Å². The second-order valence-corrected chi connectivity index (χ2v) is 3.42. The molecule has 0 fully saturated rings. The molecule has 0 saturated carbocycles. The molecule has 0 heterocycles. The molecule has 0 bridgehead atoms. The second kappa shape index (κ2) is 7.42. The molecule has 0 aliphatic heterocycles. The van der Waals surface area contributed by atoms with Crippen LogP contribution in [0.5, 0.6) is 5.75 Å². The molecular formula is C11H16ClF2NO2. The number of nitrogens with two attached hydrogens (primary N) is 1. The first-order valence-electron chi connectivity index (χ1n) is 5.03. The van der Waals surface area contributed by atoms with Crippen molar-refractivity contribution in [1.29, 1.82) is 0 Å². The van der Waals surface area contributed by atoms with Crippen LogP contribution in [0.2, 0.25) is 0 Å². The summed E-state index contributed by atoms with van der Waals surface area (Å²) in [5.41, 5.74) is 6.14. The maximum absolute atomic E-state index is 12.1. The van der Waals surface area contributed by atoms with Crippen LogP contribution in [0, 0.1) is 0 Å². The summed E-state index contributed by atoms with van der Waals surface area (Å²) in [6.45, 7) is -1.13. The smallest absolute Gasteiger partial charge is 0.387 e. The van der Waals surface area contributed by atoms with Crippen molar-refractivity contribution in [3.63, 3.8) is 0 Å². The van der Waals surface area contributed by atoms with Gasteiger partial charge in [0.05, 0.1) is 12.1 Å². The highest BCUT2D eigenvalue weighted by molar-refractivity contribution is 5.85. The highest BCUT2D eigenvalue weighted by atomic mass is 35.5. The Morgan fingerprint density at radius 1 is 1.35 bits per heavy atom. The predicted molar refractivity (Wildman–Crippen MR) is 63.5 cm³/mol. The lowest BCUT2D eigenvalue weighted by molar-refractivity contribution is -0.0510. The molecule has 3 nitrogen and oxygen atoms in total. The van der Waals surface area contributed by atoms with Crippen LogP contribution in [0.1, 0.15) is 24.9 Å². The molecule has 0 aliphatic rings. The number of halogens is 3. The van der Waals surface area contributed by atoms with E-state index in [0.717, 1.165) is 0 Å². The third-order valence-corrected chi connectivity index (χ3v) is 2.33. The fourth-order valence-corrected chi connectivity index (χ4v) is 1.42. The van der Waals surface area contributed by atoms with Gasteiger partial charge in [-0.25, -0.2) is 0 Å². The third-order valence-electron chi connectivity index (χ3n) is 2.33. The molecule has 0 spiro atoms. The van der Waals surface area contributed by atoms with Crippen molar-refractivity contribution in [3.8, 4) is 5.75 Å². The zero-order chi connectivity index (χ0) is 12.1. The molecule has 1 aromatic carbocycles. The lowest BCUT2D eigenvalue weighted by Gasteiger charge is -2.20. The van der Waals surface area contributed by atoms with E-state index in [-0.39, 0.29) is 18.2 Å². The SMILES string of the molecule is CC[C@@H](O)[C@@H](N)c1ccccc1OC(F)F.Cl. The lowest BCUT2D eigenvalue weighted by Crippen LogP contribution is -2.26. The maximum Gasteiger partial charge on any atom is 0.387 e. The van der Waals surface area contributed by atoms with Crippen molar-refractivity contribution in [3.05, 3.63) is 29.8 Å². The number of hydrogen-bond donors (Lipinski definition) is 2. The second-order valence-electron chi connectivity index (χ2n) is 3.42. The van der Waals surface area contributed by atoms with Gasteiger partial charge in [-0.05, 0) is 12.5 Å². The molecule has 0 unspecified atom stereocenters. The standard InChI is InChI=1S/C11H15F2NO2.ClH/c1-2-8(15)10(14)7-5-3-4-6-9(7)16-11(12)13;/h3-6,8,10-11,15H,2,14H2,1H3;1H/t8-,10+;/m1./s1. The van der Waals surface area contributed by atoms with Crippen molar-refractivity contribution in [2.45, 2.75) is 32.1 Å². The molecule has 0 radical (unpaired) electrons. The molecule has 17 heavy (non-hydrogen) atoms. The zero-order valence-corrected chi connectivity index (χ0v) is 10.2. The number of hydrogen-bond acceptors (Lipinski definition) is 3. The van der Waals surface area contributed by atoms with Gasteiger partial charge in [-0.1, -0.05) is 25.1 Å². The Balaban J connectivity index is 0.00000256. The molecule has 1 rings (SSSR count). The highest BCUT2D eigenvalue weighted by Crippen LogP contribution is 2.27. The Labute approximate surface area is 105 Å². The fourth-order valence-electron chi connectivity index (χ4n) is 1.42. The van der Waals surface area contributed by atoms with E-state index in [1.165, 1.54) is 6.07 Å². The Bertz CT molecular complexity index is 339.